The van der Waals surface area contributed by atoms with Crippen LogP contribution in [0.25, 0.3) is 0 Å². The van der Waals surface area contributed by atoms with Crippen molar-refractivity contribution < 1.29 is 23.8 Å². The van der Waals surface area contributed by atoms with Crippen molar-refractivity contribution in [3.05, 3.63) is 70.8 Å². The average molecular weight is 389 g/mol. The lowest BCUT2D eigenvalue weighted by Crippen LogP contribution is -2.32. The number of carbonyl (C=O) groups is 2. The fourth-order valence-electron chi connectivity index (χ4n) is 2.76. The van der Waals surface area contributed by atoms with Crippen LogP contribution in [-0.2, 0) is 14.2 Å². The van der Waals surface area contributed by atoms with Gasteiger partial charge in [0, 0.05) is 6.42 Å². The molecule has 0 aromatic heterocycles. The molecular weight excluding hydrogens is 368 g/mol. The van der Waals surface area contributed by atoms with E-state index in [1.807, 2.05) is 38.1 Å². The number of halogens is 1. The number of benzene rings is 2. The molecule has 0 saturated carbocycles. The summed E-state index contributed by atoms with van der Waals surface area (Å²) < 4.78 is 16.4. The van der Waals surface area contributed by atoms with Gasteiger partial charge in [-0.05, 0) is 38.1 Å². The minimum atomic E-state index is -0.601. The van der Waals surface area contributed by atoms with E-state index in [-0.39, 0.29) is 6.61 Å². The maximum absolute atomic E-state index is 12.3. The molecular formula is C21H21ClO5. The molecule has 1 aliphatic rings. The van der Waals surface area contributed by atoms with E-state index >= 15 is 0 Å². The van der Waals surface area contributed by atoms with Crippen molar-refractivity contribution in [1.29, 1.82) is 0 Å². The zero-order valence-corrected chi connectivity index (χ0v) is 15.9. The Kier molecular flexibility index (Phi) is 6.14. The third-order valence-corrected chi connectivity index (χ3v) is 4.65. The lowest BCUT2D eigenvalue weighted by Gasteiger charge is -2.19. The van der Waals surface area contributed by atoms with E-state index in [2.05, 4.69) is 0 Å². The summed E-state index contributed by atoms with van der Waals surface area (Å²) in [5.41, 5.74) is 2.42. The molecule has 2 aromatic carbocycles. The van der Waals surface area contributed by atoms with Crippen molar-refractivity contribution >= 4 is 23.5 Å². The Balaban J connectivity index is 1.58. The highest BCUT2D eigenvalue weighted by Gasteiger charge is 2.38. The van der Waals surface area contributed by atoms with E-state index in [4.69, 9.17) is 25.8 Å². The van der Waals surface area contributed by atoms with Gasteiger partial charge in [0.2, 0.25) is 0 Å². The zero-order chi connectivity index (χ0) is 19.4. The highest BCUT2D eigenvalue weighted by molar-refractivity contribution is 6.19. The summed E-state index contributed by atoms with van der Waals surface area (Å²) in [6, 6.07) is 14.2. The number of rotatable bonds is 5. The third-order valence-electron chi connectivity index (χ3n) is 4.37. The number of alkyl halides is 1. The van der Waals surface area contributed by atoms with Crippen LogP contribution >= 0.6 is 11.6 Å². The predicted molar refractivity (Wildman–Crippen MR) is 101 cm³/mol. The van der Waals surface area contributed by atoms with E-state index in [0.29, 0.717) is 17.5 Å². The lowest BCUT2D eigenvalue weighted by molar-refractivity contribution is -0.0322. The van der Waals surface area contributed by atoms with Crippen LogP contribution < -0.4 is 0 Å². The van der Waals surface area contributed by atoms with Gasteiger partial charge in [-0.15, -0.1) is 0 Å². The Morgan fingerprint density at radius 3 is 2.04 bits per heavy atom. The van der Waals surface area contributed by atoms with Crippen molar-refractivity contribution in [2.45, 2.75) is 38.0 Å². The topological polar surface area (TPSA) is 61.8 Å². The number of hydrogen-bond acceptors (Lipinski definition) is 5. The highest BCUT2D eigenvalue weighted by atomic mass is 35.5. The van der Waals surface area contributed by atoms with Crippen LogP contribution in [0, 0.1) is 13.8 Å². The molecule has 1 fully saturated rings. The second-order valence-electron chi connectivity index (χ2n) is 6.59. The van der Waals surface area contributed by atoms with Gasteiger partial charge >= 0.3 is 11.9 Å². The SMILES string of the molecule is Cc1ccc(C(=O)OCC2O[C@H](Cl)C[C@H]2OC(=O)c2ccc(C)cc2)cc1. The maximum Gasteiger partial charge on any atom is 0.338 e. The summed E-state index contributed by atoms with van der Waals surface area (Å²) in [6.45, 7) is 3.84. The molecule has 0 N–H and O–H groups in total. The molecule has 1 aliphatic heterocycles. The summed E-state index contributed by atoms with van der Waals surface area (Å²) in [6.07, 6.45) is -0.838. The van der Waals surface area contributed by atoms with Crippen LogP contribution in [0.15, 0.2) is 48.5 Å². The van der Waals surface area contributed by atoms with E-state index in [0.717, 1.165) is 11.1 Å². The molecule has 3 rings (SSSR count). The number of esters is 2. The van der Waals surface area contributed by atoms with Crippen molar-refractivity contribution in [2.24, 2.45) is 0 Å². The first-order chi connectivity index (χ1) is 12.9. The molecule has 6 heteroatoms. The molecule has 0 amide bonds. The van der Waals surface area contributed by atoms with Crippen molar-refractivity contribution in [3.8, 4) is 0 Å². The van der Waals surface area contributed by atoms with Crippen LogP contribution in [0.1, 0.15) is 38.3 Å². The van der Waals surface area contributed by atoms with Gasteiger partial charge < -0.3 is 14.2 Å². The minimum Gasteiger partial charge on any atom is -0.459 e. The first-order valence-electron chi connectivity index (χ1n) is 8.73. The normalized spacial score (nSPS) is 21.7. The average Bonchev–Trinajstić information content (AvgIpc) is 3.00. The summed E-state index contributed by atoms with van der Waals surface area (Å²) in [4.78, 5) is 24.5. The maximum atomic E-state index is 12.3. The summed E-state index contributed by atoms with van der Waals surface area (Å²) in [5.74, 6) is -0.913. The molecule has 1 unspecified atom stereocenters. The third kappa shape index (κ3) is 5.08. The Morgan fingerprint density at radius 2 is 1.48 bits per heavy atom. The first-order valence-corrected chi connectivity index (χ1v) is 9.17. The highest BCUT2D eigenvalue weighted by Crippen LogP contribution is 2.27. The van der Waals surface area contributed by atoms with Crippen LogP contribution in [0.4, 0.5) is 0 Å². The fraction of sp³-hybridized carbons (Fsp3) is 0.333. The van der Waals surface area contributed by atoms with E-state index in [9.17, 15) is 9.59 Å². The molecule has 3 atom stereocenters. The second kappa shape index (κ2) is 8.55. The van der Waals surface area contributed by atoms with E-state index < -0.39 is 29.7 Å². The van der Waals surface area contributed by atoms with Gasteiger partial charge in [-0.25, -0.2) is 9.59 Å². The fourth-order valence-corrected chi connectivity index (χ4v) is 3.07. The Hall–Kier alpha value is -2.37. The van der Waals surface area contributed by atoms with Crippen LogP contribution in [-0.4, -0.2) is 36.3 Å². The number of aryl methyl sites for hydroxylation is 2. The molecule has 5 nitrogen and oxygen atoms in total. The van der Waals surface area contributed by atoms with E-state index in [1.165, 1.54) is 0 Å². The number of hydrogen-bond donors (Lipinski definition) is 0. The molecule has 27 heavy (non-hydrogen) atoms. The Morgan fingerprint density at radius 1 is 0.963 bits per heavy atom. The molecule has 1 saturated heterocycles. The molecule has 0 bridgehead atoms. The summed E-state index contributed by atoms with van der Waals surface area (Å²) in [5, 5.41) is 0. The second-order valence-corrected chi connectivity index (χ2v) is 7.08. The molecule has 0 radical (unpaired) electrons. The van der Waals surface area contributed by atoms with E-state index in [1.54, 1.807) is 24.3 Å². The van der Waals surface area contributed by atoms with Gasteiger partial charge in [0.1, 0.15) is 24.4 Å². The summed E-state index contributed by atoms with van der Waals surface area (Å²) >= 11 is 6.05. The van der Waals surface area contributed by atoms with Gasteiger partial charge in [0.25, 0.3) is 0 Å². The lowest BCUT2D eigenvalue weighted by atomic mass is 10.1. The zero-order valence-electron chi connectivity index (χ0n) is 15.2. The van der Waals surface area contributed by atoms with Crippen molar-refractivity contribution in [2.75, 3.05) is 6.61 Å². The minimum absolute atomic E-state index is 0.0399. The van der Waals surface area contributed by atoms with Crippen LogP contribution in [0.3, 0.4) is 0 Å². The van der Waals surface area contributed by atoms with Crippen LogP contribution in [0.2, 0.25) is 0 Å². The monoisotopic (exact) mass is 388 g/mol. The number of ether oxygens (including phenoxy) is 3. The van der Waals surface area contributed by atoms with Gasteiger partial charge in [-0.3, -0.25) is 0 Å². The molecule has 1 heterocycles. The van der Waals surface area contributed by atoms with Gasteiger partial charge in [-0.2, -0.15) is 0 Å². The van der Waals surface area contributed by atoms with Crippen LogP contribution in [0.5, 0.6) is 0 Å². The van der Waals surface area contributed by atoms with Gasteiger partial charge in [0.15, 0.2) is 0 Å². The Bertz CT molecular complexity index is 800. The Labute approximate surface area is 163 Å². The van der Waals surface area contributed by atoms with Gasteiger partial charge in [-0.1, -0.05) is 47.0 Å². The molecule has 0 spiro atoms. The number of carbonyl (C=O) groups excluding carboxylic acids is 2. The smallest absolute Gasteiger partial charge is 0.338 e. The predicted octanol–water partition coefficient (Wildman–Crippen LogP) is 4.04. The van der Waals surface area contributed by atoms with Gasteiger partial charge in [0.05, 0.1) is 11.1 Å². The van der Waals surface area contributed by atoms with Crippen molar-refractivity contribution in [3.63, 3.8) is 0 Å². The molecule has 0 aliphatic carbocycles. The standard InChI is InChI=1S/C21H21ClO5/c1-13-3-7-15(8-4-13)20(23)25-12-18-17(11-19(22)26-18)27-21(24)16-9-5-14(2)6-10-16/h3-10,17-19H,11-12H2,1-2H3/t17-,18?,19+/m1/s1. The molecule has 142 valence electrons. The quantitative estimate of drug-likeness (QED) is 0.571. The first kappa shape index (κ1) is 19.4. The summed E-state index contributed by atoms with van der Waals surface area (Å²) in [7, 11) is 0. The van der Waals surface area contributed by atoms with Crippen molar-refractivity contribution in [1.82, 2.24) is 0 Å². The molecule has 2 aromatic rings. The largest absolute Gasteiger partial charge is 0.459 e.